The zero-order valence-corrected chi connectivity index (χ0v) is 13.2. The Labute approximate surface area is 141 Å². The fraction of sp³-hybridized carbons (Fsp3) is 0. The lowest BCUT2D eigenvalue weighted by molar-refractivity contribution is 1.67. The largest absolute Gasteiger partial charge is 0.398 e. The van der Waals surface area contributed by atoms with Gasteiger partial charge in [-0.2, -0.15) is 0 Å². The summed E-state index contributed by atoms with van der Waals surface area (Å²) in [7, 11) is 0. The summed E-state index contributed by atoms with van der Waals surface area (Å²) in [4.78, 5) is 0. The van der Waals surface area contributed by atoms with Gasteiger partial charge in [-0.05, 0) is 34.4 Å². The van der Waals surface area contributed by atoms with E-state index >= 15 is 0 Å². The minimum Gasteiger partial charge on any atom is -0.398 e. The molecule has 0 aromatic heterocycles. The Morgan fingerprint density at radius 3 is 1.88 bits per heavy atom. The lowest BCUT2D eigenvalue weighted by Gasteiger charge is -2.01. The van der Waals surface area contributed by atoms with Gasteiger partial charge in [0.2, 0.25) is 0 Å². The zero-order chi connectivity index (χ0) is 16.9. The fourth-order valence-corrected chi connectivity index (χ4v) is 2.63. The van der Waals surface area contributed by atoms with Crippen molar-refractivity contribution in [1.82, 2.24) is 0 Å². The van der Waals surface area contributed by atoms with Crippen LogP contribution in [0.1, 0.15) is 5.56 Å². The molecule has 0 spiro atoms. The highest BCUT2D eigenvalue weighted by molar-refractivity contribution is 5.92. The predicted octanol–water partition coefficient (Wildman–Crippen LogP) is 4.83. The molecule has 116 valence electrons. The van der Waals surface area contributed by atoms with E-state index in [1.54, 1.807) is 0 Å². The number of nitrogens with two attached hydrogens (primary N) is 2. The summed E-state index contributed by atoms with van der Waals surface area (Å²) in [6.07, 6.45) is 5.31. The topological polar surface area (TPSA) is 52.0 Å². The maximum absolute atomic E-state index is 5.76. The van der Waals surface area contributed by atoms with E-state index in [2.05, 4.69) is 18.1 Å². The SMILES string of the molecule is C#Cc1cc2ccccc2cc1N.Nc1cccc2ccccc12. The maximum atomic E-state index is 5.76. The van der Waals surface area contributed by atoms with Crippen LogP contribution in [0.3, 0.4) is 0 Å². The van der Waals surface area contributed by atoms with Crippen molar-refractivity contribution in [2.75, 3.05) is 11.5 Å². The molecule has 4 aromatic rings. The van der Waals surface area contributed by atoms with Crippen LogP contribution in [0.5, 0.6) is 0 Å². The van der Waals surface area contributed by atoms with Crippen molar-refractivity contribution in [3.63, 3.8) is 0 Å². The Morgan fingerprint density at radius 2 is 1.21 bits per heavy atom. The van der Waals surface area contributed by atoms with Gasteiger partial charge in [-0.25, -0.2) is 0 Å². The summed E-state index contributed by atoms with van der Waals surface area (Å²) in [5, 5.41) is 4.59. The Kier molecular flexibility index (Phi) is 4.36. The molecule has 0 aliphatic rings. The molecule has 0 amide bonds. The summed E-state index contributed by atoms with van der Waals surface area (Å²) in [6.45, 7) is 0. The Bertz CT molecular complexity index is 1040. The van der Waals surface area contributed by atoms with Crippen LogP contribution < -0.4 is 11.5 Å². The Hall–Kier alpha value is -3.44. The first-order chi connectivity index (χ1) is 11.7. The zero-order valence-electron chi connectivity index (χ0n) is 13.2. The van der Waals surface area contributed by atoms with E-state index in [4.69, 9.17) is 17.9 Å². The lowest BCUT2D eigenvalue weighted by Crippen LogP contribution is -1.89. The summed E-state index contributed by atoms with van der Waals surface area (Å²) in [6, 6.07) is 25.9. The van der Waals surface area contributed by atoms with Crippen molar-refractivity contribution in [1.29, 1.82) is 0 Å². The third kappa shape index (κ3) is 3.16. The van der Waals surface area contributed by atoms with Crippen molar-refractivity contribution in [2.45, 2.75) is 0 Å². The van der Waals surface area contributed by atoms with Gasteiger partial charge in [0.05, 0.1) is 0 Å². The molecular weight excluding hydrogens is 292 g/mol. The van der Waals surface area contributed by atoms with Crippen LogP contribution in [0.2, 0.25) is 0 Å². The first-order valence-corrected chi connectivity index (χ1v) is 7.67. The van der Waals surface area contributed by atoms with Gasteiger partial charge in [-0.15, -0.1) is 6.42 Å². The molecular formula is C22H18N2. The van der Waals surface area contributed by atoms with E-state index in [1.165, 1.54) is 5.39 Å². The van der Waals surface area contributed by atoms with Gasteiger partial charge >= 0.3 is 0 Å². The number of rotatable bonds is 0. The summed E-state index contributed by atoms with van der Waals surface area (Å²) < 4.78 is 0. The van der Waals surface area contributed by atoms with E-state index in [-0.39, 0.29) is 0 Å². The Morgan fingerprint density at radius 1 is 0.625 bits per heavy atom. The average Bonchev–Trinajstić information content (AvgIpc) is 2.62. The van der Waals surface area contributed by atoms with E-state index in [9.17, 15) is 0 Å². The molecule has 2 heteroatoms. The minimum atomic E-state index is 0.668. The van der Waals surface area contributed by atoms with Crippen LogP contribution in [0.4, 0.5) is 11.4 Å². The summed E-state index contributed by atoms with van der Waals surface area (Å²) in [5.74, 6) is 2.56. The molecule has 4 N–H and O–H groups in total. The van der Waals surface area contributed by atoms with Gasteiger partial charge in [0.15, 0.2) is 0 Å². The number of hydrogen-bond acceptors (Lipinski definition) is 2. The highest BCUT2D eigenvalue weighted by atomic mass is 14.6. The molecule has 0 heterocycles. The Balaban J connectivity index is 0.000000143. The molecule has 0 saturated heterocycles. The molecule has 0 radical (unpaired) electrons. The van der Waals surface area contributed by atoms with E-state index in [0.29, 0.717) is 5.69 Å². The summed E-state index contributed by atoms with van der Waals surface area (Å²) in [5.41, 5.74) is 13.8. The van der Waals surface area contributed by atoms with Gasteiger partial charge in [0.1, 0.15) is 0 Å². The summed E-state index contributed by atoms with van der Waals surface area (Å²) >= 11 is 0. The van der Waals surface area contributed by atoms with E-state index in [0.717, 1.165) is 27.4 Å². The normalized spacial score (nSPS) is 9.96. The molecule has 0 fully saturated rings. The van der Waals surface area contributed by atoms with Gasteiger partial charge in [-0.3, -0.25) is 0 Å². The first-order valence-electron chi connectivity index (χ1n) is 7.67. The molecule has 0 aliphatic heterocycles. The molecule has 0 bridgehead atoms. The van der Waals surface area contributed by atoms with Crippen LogP contribution >= 0.6 is 0 Å². The molecule has 24 heavy (non-hydrogen) atoms. The van der Waals surface area contributed by atoms with Crippen molar-refractivity contribution in [3.05, 3.63) is 84.4 Å². The van der Waals surface area contributed by atoms with Crippen LogP contribution in [-0.2, 0) is 0 Å². The van der Waals surface area contributed by atoms with Crippen LogP contribution in [0.25, 0.3) is 21.5 Å². The maximum Gasteiger partial charge on any atom is 0.0479 e. The highest BCUT2D eigenvalue weighted by Crippen LogP contribution is 2.21. The second-order valence-corrected chi connectivity index (χ2v) is 5.50. The smallest absolute Gasteiger partial charge is 0.0479 e. The molecule has 2 nitrogen and oxygen atoms in total. The third-order valence-corrected chi connectivity index (χ3v) is 3.90. The standard InChI is InChI=1S/C12H9N.C10H9N/c1-2-9-7-10-5-3-4-6-11(10)8-12(9)13;11-10-7-3-5-8-4-1-2-6-9(8)10/h1,3-8H,13H2;1-7H,11H2. The van der Waals surface area contributed by atoms with Crippen LogP contribution in [0.15, 0.2) is 78.9 Å². The molecule has 4 rings (SSSR count). The van der Waals surface area contributed by atoms with Gasteiger partial charge < -0.3 is 11.5 Å². The highest BCUT2D eigenvalue weighted by Gasteiger charge is 1.98. The van der Waals surface area contributed by atoms with Crippen LogP contribution in [-0.4, -0.2) is 0 Å². The number of fused-ring (bicyclic) bond motifs is 2. The second kappa shape index (κ2) is 6.76. The molecule has 0 atom stereocenters. The van der Waals surface area contributed by atoms with Gasteiger partial charge in [-0.1, -0.05) is 66.6 Å². The fourth-order valence-electron chi connectivity index (χ4n) is 2.63. The number of nitrogen functional groups attached to an aromatic ring is 2. The molecule has 0 saturated carbocycles. The van der Waals surface area contributed by atoms with Crippen molar-refractivity contribution < 1.29 is 0 Å². The number of hydrogen-bond donors (Lipinski definition) is 2. The van der Waals surface area contributed by atoms with E-state index in [1.807, 2.05) is 66.7 Å². The third-order valence-electron chi connectivity index (χ3n) is 3.90. The lowest BCUT2D eigenvalue weighted by atomic mass is 10.1. The molecule has 0 unspecified atom stereocenters. The van der Waals surface area contributed by atoms with Crippen molar-refractivity contribution in [3.8, 4) is 12.3 Å². The van der Waals surface area contributed by atoms with Crippen LogP contribution in [0, 0.1) is 12.3 Å². The van der Waals surface area contributed by atoms with Gasteiger partial charge in [0, 0.05) is 22.3 Å². The monoisotopic (exact) mass is 310 g/mol. The quantitative estimate of drug-likeness (QED) is 0.361. The average molecular weight is 310 g/mol. The molecule has 4 aromatic carbocycles. The number of terminal acetylenes is 1. The van der Waals surface area contributed by atoms with Crippen molar-refractivity contribution >= 4 is 32.9 Å². The van der Waals surface area contributed by atoms with Crippen molar-refractivity contribution in [2.24, 2.45) is 0 Å². The number of benzene rings is 4. The first kappa shape index (κ1) is 15.5. The number of anilines is 2. The predicted molar refractivity (Wildman–Crippen MR) is 105 cm³/mol. The van der Waals surface area contributed by atoms with Gasteiger partial charge in [0.25, 0.3) is 0 Å². The molecule has 0 aliphatic carbocycles. The minimum absolute atomic E-state index is 0.668. The van der Waals surface area contributed by atoms with E-state index < -0.39 is 0 Å². The second-order valence-electron chi connectivity index (χ2n) is 5.50.